The van der Waals surface area contributed by atoms with Crippen molar-refractivity contribution in [3.8, 4) is 28.3 Å². The van der Waals surface area contributed by atoms with Gasteiger partial charge in [0.25, 0.3) is 0 Å². The minimum Gasteiger partial charge on any atom is -0.497 e. The fraction of sp³-hybridized carbons (Fsp3) is 0.160. The molecule has 0 N–H and O–H groups in total. The summed E-state index contributed by atoms with van der Waals surface area (Å²) in [5, 5.41) is 9.30. The van der Waals surface area contributed by atoms with Crippen molar-refractivity contribution >= 4 is 17.5 Å². The first kappa shape index (κ1) is 19.6. The van der Waals surface area contributed by atoms with E-state index >= 15 is 0 Å². The number of Topliss-reactive ketones (excluding diaryl/α,β-unsaturated/α-hetero) is 1. The molecule has 0 saturated heterocycles. The topological polar surface area (TPSA) is 57.0 Å². The van der Waals surface area contributed by atoms with Crippen LogP contribution in [0.5, 0.6) is 5.75 Å². The molecular weight excluding hydrogens is 406 g/mol. The van der Waals surface area contributed by atoms with Gasteiger partial charge in [0.1, 0.15) is 5.75 Å². The molecule has 0 atom stereocenters. The Morgan fingerprint density at radius 1 is 1.00 bits per heavy atom. The summed E-state index contributed by atoms with van der Waals surface area (Å²) < 4.78 is 7.13. The molecule has 4 aromatic rings. The molecular formula is C25H21N3O2S. The second-order valence-corrected chi connectivity index (χ2v) is 8.45. The molecule has 6 heteroatoms. The normalized spacial score (nSPS) is 11.8. The standard InChI is InChI=1S/C25H21N3O2S/c1-28-24(16-9-11-20(30-2)12-10-16)26-27-25(28)31-15-23(29)19-8-7-18-13-17-5-3-4-6-21(17)22(18)14-19/h3-12,14H,13,15H2,1-2H3. The minimum absolute atomic E-state index is 0.0891. The zero-order valence-electron chi connectivity index (χ0n) is 17.3. The second kappa shape index (κ2) is 8.04. The Morgan fingerprint density at radius 2 is 1.77 bits per heavy atom. The molecule has 1 aliphatic carbocycles. The van der Waals surface area contributed by atoms with Gasteiger partial charge in [0, 0.05) is 18.2 Å². The highest BCUT2D eigenvalue weighted by molar-refractivity contribution is 7.99. The van der Waals surface area contributed by atoms with Crippen LogP contribution in [0.25, 0.3) is 22.5 Å². The van der Waals surface area contributed by atoms with E-state index in [0.717, 1.165) is 29.1 Å². The summed E-state index contributed by atoms with van der Waals surface area (Å²) in [6, 6.07) is 22.1. The van der Waals surface area contributed by atoms with Crippen LogP contribution in [0.4, 0.5) is 0 Å². The number of methoxy groups -OCH3 is 1. The third-order valence-electron chi connectivity index (χ3n) is 5.64. The number of carbonyl (C=O) groups is 1. The first-order valence-corrected chi connectivity index (χ1v) is 11.0. The fourth-order valence-electron chi connectivity index (χ4n) is 3.94. The van der Waals surface area contributed by atoms with Gasteiger partial charge in [-0.25, -0.2) is 0 Å². The van der Waals surface area contributed by atoms with Gasteiger partial charge in [-0.15, -0.1) is 10.2 Å². The van der Waals surface area contributed by atoms with Crippen LogP contribution in [0.3, 0.4) is 0 Å². The number of rotatable bonds is 6. The molecule has 0 spiro atoms. The van der Waals surface area contributed by atoms with Gasteiger partial charge < -0.3 is 9.30 Å². The molecule has 5 nitrogen and oxygen atoms in total. The van der Waals surface area contributed by atoms with E-state index < -0.39 is 0 Å². The summed E-state index contributed by atoms with van der Waals surface area (Å²) in [5.41, 5.74) is 6.69. The first-order chi connectivity index (χ1) is 15.1. The molecule has 1 aromatic heterocycles. The highest BCUT2D eigenvalue weighted by Gasteiger charge is 2.20. The number of ether oxygens (including phenoxy) is 1. The number of thioether (sulfide) groups is 1. The molecule has 0 unspecified atom stereocenters. The Labute approximate surface area is 185 Å². The van der Waals surface area contributed by atoms with Gasteiger partial charge in [0.2, 0.25) is 0 Å². The molecule has 0 amide bonds. The number of aromatic nitrogens is 3. The van der Waals surface area contributed by atoms with Gasteiger partial charge in [-0.05, 0) is 59.0 Å². The maximum atomic E-state index is 12.9. The Balaban J connectivity index is 1.31. The van der Waals surface area contributed by atoms with Crippen molar-refractivity contribution in [3.05, 3.63) is 83.4 Å². The Bertz CT molecular complexity index is 1280. The van der Waals surface area contributed by atoms with Gasteiger partial charge in [0.05, 0.1) is 12.9 Å². The molecule has 1 heterocycles. The van der Waals surface area contributed by atoms with E-state index in [1.54, 1.807) is 7.11 Å². The van der Waals surface area contributed by atoms with Gasteiger partial charge in [-0.3, -0.25) is 4.79 Å². The predicted octanol–water partition coefficient (Wildman–Crippen LogP) is 5.04. The van der Waals surface area contributed by atoms with Gasteiger partial charge in [0.15, 0.2) is 16.8 Å². The summed E-state index contributed by atoms with van der Waals surface area (Å²) in [6.45, 7) is 0. The van der Waals surface area contributed by atoms with Crippen molar-refractivity contribution in [2.45, 2.75) is 11.6 Å². The van der Waals surface area contributed by atoms with Crippen molar-refractivity contribution in [2.24, 2.45) is 7.05 Å². The molecule has 0 aliphatic heterocycles. The van der Waals surface area contributed by atoms with E-state index in [0.29, 0.717) is 10.9 Å². The van der Waals surface area contributed by atoms with Crippen molar-refractivity contribution in [1.29, 1.82) is 0 Å². The molecule has 5 rings (SSSR count). The van der Waals surface area contributed by atoms with Crippen LogP contribution in [0.1, 0.15) is 21.5 Å². The summed E-state index contributed by atoms with van der Waals surface area (Å²) in [5.74, 6) is 1.95. The summed E-state index contributed by atoms with van der Waals surface area (Å²) >= 11 is 1.41. The third-order valence-corrected chi connectivity index (χ3v) is 6.66. The maximum absolute atomic E-state index is 12.9. The maximum Gasteiger partial charge on any atom is 0.191 e. The van der Waals surface area contributed by atoms with E-state index in [9.17, 15) is 4.79 Å². The fourth-order valence-corrected chi connectivity index (χ4v) is 4.75. The highest BCUT2D eigenvalue weighted by Crippen LogP contribution is 2.37. The number of hydrogen-bond donors (Lipinski definition) is 0. The average Bonchev–Trinajstić information content (AvgIpc) is 3.37. The van der Waals surface area contributed by atoms with Crippen molar-refractivity contribution in [2.75, 3.05) is 12.9 Å². The molecule has 3 aromatic carbocycles. The lowest BCUT2D eigenvalue weighted by Gasteiger charge is -2.06. The SMILES string of the molecule is COc1ccc(-c2nnc(SCC(=O)c3ccc4c(c3)-c3ccccc3C4)n2C)cc1. The number of hydrogen-bond acceptors (Lipinski definition) is 5. The van der Waals surface area contributed by atoms with E-state index in [1.807, 2.05) is 54.1 Å². The van der Waals surface area contributed by atoms with E-state index in [1.165, 1.54) is 34.0 Å². The molecule has 0 radical (unpaired) electrons. The third kappa shape index (κ3) is 3.64. The first-order valence-electron chi connectivity index (χ1n) is 10.0. The lowest BCUT2D eigenvalue weighted by molar-refractivity contribution is 0.102. The molecule has 0 fully saturated rings. The van der Waals surface area contributed by atoms with Crippen LogP contribution >= 0.6 is 11.8 Å². The summed E-state index contributed by atoms with van der Waals surface area (Å²) in [6.07, 6.45) is 0.932. The quantitative estimate of drug-likeness (QED) is 0.281. The molecule has 154 valence electrons. The lowest BCUT2D eigenvalue weighted by atomic mass is 10.0. The highest BCUT2D eigenvalue weighted by atomic mass is 32.2. The van der Waals surface area contributed by atoms with Gasteiger partial charge in [-0.2, -0.15) is 0 Å². The molecule has 31 heavy (non-hydrogen) atoms. The Kier molecular flexibility index (Phi) is 5.08. The van der Waals surface area contributed by atoms with Crippen molar-refractivity contribution in [1.82, 2.24) is 14.8 Å². The predicted molar refractivity (Wildman–Crippen MR) is 123 cm³/mol. The molecule has 0 bridgehead atoms. The molecule has 0 saturated carbocycles. The number of nitrogens with zero attached hydrogens (tertiary/aromatic N) is 3. The van der Waals surface area contributed by atoms with E-state index in [4.69, 9.17) is 4.74 Å². The number of benzene rings is 3. The minimum atomic E-state index is 0.0891. The van der Waals surface area contributed by atoms with Crippen LogP contribution in [-0.2, 0) is 13.5 Å². The summed E-state index contributed by atoms with van der Waals surface area (Å²) in [7, 11) is 3.56. The number of carbonyl (C=O) groups excluding carboxylic acids is 1. The van der Waals surface area contributed by atoms with Gasteiger partial charge in [-0.1, -0.05) is 48.2 Å². The van der Waals surface area contributed by atoms with Gasteiger partial charge >= 0.3 is 0 Å². The number of fused-ring (bicyclic) bond motifs is 3. The lowest BCUT2D eigenvalue weighted by Crippen LogP contribution is -2.04. The van der Waals surface area contributed by atoms with Crippen molar-refractivity contribution in [3.63, 3.8) is 0 Å². The van der Waals surface area contributed by atoms with Crippen LogP contribution in [0.15, 0.2) is 71.9 Å². The smallest absolute Gasteiger partial charge is 0.191 e. The van der Waals surface area contributed by atoms with Crippen LogP contribution < -0.4 is 4.74 Å². The Morgan fingerprint density at radius 3 is 2.58 bits per heavy atom. The Hall–Kier alpha value is -3.38. The van der Waals surface area contributed by atoms with Crippen molar-refractivity contribution < 1.29 is 9.53 Å². The van der Waals surface area contributed by atoms with Crippen LogP contribution in [-0.4, -0.2) is 33.4 Å². The van der Waals surface area contributed by atoms with E-state index in [2.05, 4.69) is 34.5 Å². The monoisotopic (exact) mass is 427 g/mol. The molecule has 1 aliphatic rings. The second-order valence-electron chi connectivity index (χ2n) is 7.51. The zero-order valence-corrected chi connectivity index (χ0v) is 18.1. The largest absolute Gasteiger partial charge is 0.497 e. The van der Waals surface area contributed by atoms with Crippen LogP contribution in [0.2, 0.25) is 0 Å². The summed E-state index contributed by atoms with van der Waals surface area (Å²) in [4.78, 5) is 12.9. The van der Waals surface area contributed by atoms with Crippen LogP contribution in [0, 0.1) is 0 Å². The average molecular weight is 428 g/mol. The number of ketones is 1. The van der Waals surface area contributed by atoms with E-state index in [-0.39, 0.29) is 5.78 Å². The zero-order chi connectivity index (χ0) is 21.4.